The molecule has 0 unspecified atom stereocenters. The van der Waals surface area contributed by atoms with Crippen molar-refractivity contribution in [1.29, 1.82) is 0 Å². The van der Waals surface area contributed by atoms with Gasteiger partial charge in [-0.3, -0.25) is 9.59 Å². The minimum absolute atomic E-state index is 0.0507. The second-order valence-electron chi connectivity index (χ2n) is 6.62. The van der Waals surface area contributed by atoms with Crippen LogP contribution in [-0.4, -0.2) is 34.7 Å². The number of furan rings is 1. The number of carbonyl (C=O) groups excluding carboxylic acids is 2. The largest absolute Gasteiger partial charge is 0.467 e. The predicted molar refractivity (Wildman–Crippen MR) is 101 cm³/mol. The molecule has 1 heterocycles. The van der Waals surface area contributed by atoms with E-state index < -0.39 is 0 Å². The zero-order valence-corrected chi connectivity index (χ0v) is 15.7. The van der Waals surface area contributed by atoms with Gasteiger partial charge in [-0.25, -0.2) is 4.39 Å². The average molecular weight is 372 g/mol. The minimum atomic E-state index is -0.331. The standard InChI is InChI=1S/C21H25FN2O3/c1-4-11-23(21(26)16(2)3)15-20(25)24(14-19-6-5-12-27-19)13-17-7-9-18(22)10-8-17/h4-10,12,16H,1,11,13-15H2,2-3H3. The highest BCUT2D eigenvalue weighted by atomic mass is 19.1. The van der Waals surface area contributed by atoms with Crippen molar-refractivity contribution in [2.45, 2.75) is 26.9 Å². The van der Waals surface area contributed by atoms with E-state index in [0.29, 0.717) is 12.3 Å². The molecule has 0 bridgehead atoms. The summed E-state index contributed by atoms with van der Waals surface area (Å²) in [6.45, 7) is 8.05. The molecule has 0 atom stereocenters. The molecule has 1 aromatic carbocycles. The molecule has 0 N–H and O–H groups in total. The van der Waals surface area contributed by atoms with Gasteiger partial charge in [0.15, 0.2) is 0 Å². The first-order valence-corrected chi connectivity index (χ1v) is 8.85. The maximum atomic E-state index is 13.2. The Morgan fingerprint density at radius 1 is 1.15 bits per heavy atom. The van der Waals surface area contributed by atoms with Crippen LogP contribution >= 0.6 is 0 Å². The summed E-state index contributed by atoms with van der Waals surface area (Å²) in [6.07, 6.45) is 3.15. The second-order valence-corrected chi connectivity index (χ2v) is 6.62. The Bertz CT molecular complexity index is 754. The van der Waals surface area contributed by atoms with Gasteiger partial charge in [0.05, 0.1) is 12.8 Å². The lowest BCUT2D eigenvalue weighted by molar-refractivity contribution is -0.142. The Morgan fingerprint density at radius 3 is 2.41 bits per heavy atom. The van der Waals surface area contributed by atoms with Crippen LogP contribution in [0.1, 0.15) is 25.2 Å². The quantitative estimate of drug-likeness (QED) is 0.632. The van der Waals surface area contributed by atoms with Crippen LogP contribution in [0.4, 0.5) is 4.39 Å². The second kappa shape index (κ2) is 9.71. The zero-order chi connectivity index (χ0) is 19.8. The monoisotopic (exact) mass is 372 g/mol. The molecule has 0 aliphatic heterocycles. The number of halogens is 1. The van der Waals surface area contributed by atoms with Gasteiger partial charge in [-0.1, -0.05) is 32.1 Å². The van der Waals surface area contributed by atoms with Crippen molar-refractivity contribution in [2.24, 2.45) is 5.92 Å². The SMILES string of the molecule is C=CCN(CC(=O)N(Cc1ccc(F)cc1)Cc1ccco1)C(=O)C(C)C. The van der Waals surface area contributed by atoms with E-state index in [2.05, 4.69) is 6.58 Å². The molecule has 0 radical (unpaired) electrons. The van der Waals surface area contributed by atoms with Crippen LogP contribution in [0.3, 0.4) is 0 Å². The third-order valence-electron chi connectivity index (χ3n) is 4.05. The molecule has 5 nitrogen and oxygen atoms in total. The molecule has 2 aromatic rings. The van der Waals surface area contributed by atoms with Crippen LogP contribution in [0.15, 0.2) is 59.7 Å². The van der Waals surface area contributed by atoms with Gasteiger partial charge in [0, 0.05) is 19.0 Å². The highest BCUT2D eigenvalue weighted by molar-refractivity contribution is 5.85. The molecular weight excluding hydrogens is 347 g/mol. The fourth-order valence-corrected chi connectivity index (χ4v) is 2.65. The van der Waals surface area contributed by atoms with Gasteiger partial charge >= 0.3 is 0 Å². The lowest BCUT2D eigenvalue weighted by atomic mass is 10.1. The molecule has 2 amide bonds. The molecule has 0 spiro atoms. The highest BCUT2D eigenvalue weighted by Crippen LogP contribution is 2.13. The van der Waals surface area contributed by atoms with Gasteiger partial charge in [0.2, 0.25) is 11.8 Å². The molecule has 0 aliphatic rings. The van der Waals surface area contributed by atoms with Gasteiger partial charge in [-0.05, 0) is 29.8 Å². The fourth-order valence-electron chi connectivity index (χ4n) is 2.65. The van der Waals surface area contributed by atoms with Crippen LogP contribution in [0.2, 0.25) is 0 Å². The molecular formula is C21H25FN2O3. The van der Waals surface area contributed by atoms with Crippen LogP contribution in [0.25, 0.3) is 0 Å². The molecule has 0 fully saturated rings. The Balaban J connectivity index is 2.17. The van der Waals surface area contributed by atoms with Crippen molar-refractivity contribution in [3.8, 4) is 0 Å². The number of amides is 2. The Labute approximate surface area is 159 Å². The van der Waals surface area contributed by atoms with Gasteiger partial charge in [0.25, 0.3) is 0 Å². The van der Waals surface area contributed by atoms with E-state index in [1.54, 1.807) is 55.4 Å². The first kappa shape index (κ1) is 20.4. The summed E-state index contributed by atoms with van der Waals surface area (Å²) in [7, 11) is 0. The van der Waals surface area contributed by atoms with Crippen LogP contribution in [0, 0.1) is 11.7 Å². The Morgan fingerprint density at radius 2 is 1.85 bits per heavy atom. The summed E-state index contributed by atoms with van der Waals surface area (Å²) in [6, 6.07) is 9.53. The third kappa shape index (κ3) is 6.09. The van der Waals surface area contributed by atoms with E-state index in [4.69, 9.17) is 4.42 Å². The summed E-state index contributed by atoms with van der Waals surface area (Å²) in [5, 5.41) is 0. The normalized spacial score (nSPS) is 10.7. The molecule has 2 rings (SSSR count). The van der Waals surface area contributed by atoms with Crippen LogP contribution in [-0.2, 0) is 22.7 Å². The van der Waals surface area contributed by atoms with Crippen LogP contribution in [0.5, 0.6) is 0 Å². The number of hydrogen-bond donors (Lipinski definition) is 0. The smallest absolute Gasteiger partial charge is 0.242 e. The molecule has 1 aromatic heterocycles. The van der Waals surface area contributed by atoms with Gasteiger partial charge in [0.1, 0.15) is 18.1 Å². The number of nitrogens with zero attached hydrogens (tertiary/aromatic N) is 2. The van der Waals surface area contributed by atoms with Crippen LogP contribution < -0.4 is 0 Å². The lowest BCUT2D eigenvalue weighted by Gasteiger charge is -2.27. The molecule has 0 saturated carbocycles. The van der Waals surface area contributed by atoms with E-state index in [1.807, 2.05) is 0 Å². The zero-order valence-electron chi connectivity index (χ0n) is 15.7. The predicted octanol–water partition coefficient (Wildman–Crippen LogP) is 3.62. The van der Waals surface area contributed by atoms with E-state index in [1.165, 1.54) is 17.0 Å². The van der Waals surface area contributed by atoms with Gasteiger partial charge < -0.3 is 14.2 Å². The number of hydrogen-bond acceptors (Lipinski definition) is 3. The first-order chi connectivity index (χ1) is 12.9. The van der Waals surface area contributed by atoms with Crippen molar-refractivity contribution in [2.75, 3.05) is 13.1 Å². The molecule has 0 aliphatic carbocycles. The summed E-state index contributed by atoms with van der Waals surface area (Å²) in [5.74, 6) is -0.235. The van der Waals surface area contributed by atoms with Crippen molar-refractivity contribution in [1.82, 2.24) is 9.80 Å². The minimum Gasteiger partial charge on any atom is -0.467 e. The Hall–Kier alpha value is -2.89. The maximum Gasteiger partial charge on any atom is 0.242 e. The number of benzene rings is 1. The summed E-state index contributed by atoms with van der Waals surface area (Å²) in [5.41, 5.74) is 0.793. The highest BCUT2D eigenvalue weighted by Gasteiger charge is 2.23. The van der Waals surface area contributed by atoms with Crippen molar-refractivity contribution in [3.63, 3.8) is 0 Å². The molecule has 144 valence electrons. The summed E-state index contributed by atoms with van der Waals surface area (Å²) < 4.78 is 18.5. The molecule has 0 saturated heterocycles. The Kier molecular flexibility index (Phi) is 7.34. The lowest BCUT2D eigenvalue weighted by Crippen LogP contribution is -2.43. The van der Waals surface area contributed by atoms with Crippen molar-refractivity contribution < 1.29 is 18.4 Å². The van der Waals surface area contributed by atoms with Crippen molar-refractivity contribution >= 4 is 11.8 Å². The topological polar surface area (TPSA) is 53.8 Å². The van der Waals surface area contributed by atoms with Gasteiger partial charge in [-0.15, -0.1) is 6.58 Å². The van der Waals surface area contributed by atoms with E-state index in [-0.39, 0.29) is 43.2 Å². The van der Waals surface area contributed by atoms with E-state index in [9.17, 15) is 14.0 Å². The number of rotatable bonds is 9. The summed E-state index contributed by atoms with van der Waals surface area (Å²) >= 11 is 0. The third-order valence-corrected chi connectivity index (χ3v) is 4.05. The molecule has 6 heteroatoms. The maximum absolute atomic E-state index is 13.2. The van der Waals surface area contributed by atoms with Gasteiger partial charge in [-0.2, -0.15) is 0 Å². The van der Waals surface area contributed by atoms with E-state index >= 15 is 0 Å². The van der Waals surface area contributed by atoms with Crippen molar-refractivity contribution in [3.05, 3.63) is 72.5 Å². The fraction of sp³-hybridized carbons (Fsp3) is 0.333. The summed E-state index contributed by atoms with van der Waals surface area (Å²) in [4.78, 5) is 28.4. The molecule has 27 heavy (non-hydrogen) atoms. The average Bonchev–Trinajstić information content (AvgIpc) is 3.15. The number of carbonyl (C=O) groups is 2. The van der Waals surface area contributed by atoms with E-state index in [0.717, 1.165) is 5.56 Å². The first-order valence-electron chi connectivity index (χ1n) is 8.85.